The van der Waals surface area contributed by atoms with E-state index in [1.807, 2.05) is 37.3 Å². The van der Waals surface area contributed by atoms with Gasteiger partial charge in [0, 0.05) is 23.6 Å². The summed E-state index contributed by atoms with van der Waals surface area (Å²) < 4.78 is 0.830. The molecule has 0 bridgehead atoms. The third kappa shape index (κ3) is 4.36. The lowest BCUT2D eigenvalue weighted by molar-refractivity contribution is -0.129. The Bertz CT molecular complexity index is 769. The fourth-order valence-corrected chi connectivity index (χ4v) is 3.26. The molecule has 1 aliphatic heterocycles. The molecule has 7 heteroatoms. The van der Waals surface area contributed by atoms with E-state index < -0.39 is 0 Å². The second-order valence-corrected chi connectivity index (χ2v) is 6.91. The van der Waals surface area contributed by atoms with Gasteiger partial charge in [0.15, 0.2) is 0 Å². The van der Waals surface area contributed by atoms with Crippen molar-refractivity contribution in [3.63, 3.8) is 0 Å². The van der Waals surface area contributed by atoms with Crippen LogP contribution in [0.25, 0.3) is 0 Å². The van der Waals surface area contributed by atoms with Gasteiger partial charge < -0.3 is 10.2 Å². The largest absolute Gasteiger partial charge is 0.334 e. The van der Waals surface area contributed by atoms with Gasteiger partial charge in [-0.3, -0.25) is 10.1 Å². The number of pyridine rings is 1. The number of nitrogens with zero attached hydrogens (tertiary/aromatic N) is 2. The maximum absolute atomic E-state index is 12.3. The van der Waals surface area contributed by atoms with E-state index in [0.717, 1.165) is 10.0 Å². The molecule has 0 saturated carbocycles. The Morgan fingerprint density at radius 2 is 2.08 bits per heavy atom. The van der Waals surface area contributed by atoms with E-state index in [-0.39, 0.29) is 24.0 Å². The zero-order valence-corrected chi connectivity index (χ0v) is 15.4. The number of rotatable bonds is 4. The highest BCUT2D eigenvalue weighted by Gasteiger charge is 2.33. The molecule has 6 nitrogen and oxygen atoms in total. The van der Waals surface area contributed by atoms with Gasteiger partial charge >= 0.3 is 6.03 Å². The molecule has 25 heavy (non-hydrogen) atoms. The van der Waals surface area contributed by atoms with Crippen LogP contribution in [0.15, 0.2) is 53.1 Å². The molecule has 3 amide bonds. The van der Waals surface area contributed by atoms with Gasteiger partial charge in [-0.25, -0.2) is 9.78 Å². The van der Waals surface area contributed by atoms with Crippen molar-refractivity contribution in [2.24, 2.45) is 0 Å². The first-order chi connectivity index (χ1) is 12.0. The van der Waals surface area contributed by atoms with Crippen molar-refractivity contribution in [2.45, 2.75) is 25.4 Å². The molecule has 3 rings (SSSR count). The molecule has 2 N–H and O–H groups in total. The standard InChI is InChI=1S/C18H19BrN4O2/c1-12(13-5-3-2-4-6-13)23-11-15(10-17(23)24)21-18(25)22-16-9-14(19)7-8-20-16/h2-9,12,15H,10-11H2,1H3,(H2,20,21,22,25). The summed E-state index contributed by atoms with van der Waals surface area (Å²) in [6.07, 6.45) is 1.90. The summed E-state index contributed by atoms with van der Waals surface area (Å²) in [5, 5.41) is 5.52. The van der Waals surface area contributed by atoms with Crippen LogP contribution in [0.1, 0.15) is 24.9 Å². The van der Waals surface area contributed by atoms with Gasteiger partial charge in [-0.1, -0.05) is 46.3 Å². The highest BCUT2D eigenvalue weighted by molar-refractivity contribution is 9.10. The third-order valence-corrected chi connectivity index (χ3v) is 4.70. The van der Waals surface area contributed by atoms with Crippen LogP contribution in [0.2, 0.25) is 0 Å². The van der Waals surface area contributed by atoms with Crippen LogP contribution in [0, 0.1) is 0 Å². The first-order valence-electron chi connectivity index (χ1n) is 8.06. The molecular formula is C18H19BrN4O2. The minimum absolute atomic E-state index is 0.0182. The molecule has 1 fully saturated rings. The number of hydrogen-bond acceptors (Lipinski definition) is 3. The number of benzene rings is 1. The number of urea groups is 1. The van der Waals surface area contributed by atoms with Crippen molar-refractivity contribution >= 4 is 33.7 Å². The van der Waals surface area contributed by atoms with Crippen molar-refractivity contribution in [3.8, 4) is 0 Å². The molecule has 1 aromatic carbocycles. The lowest BCUT2D eigenvalue weighted by Crippen LogP contribution is -2.40. The predicted octanol–water partition coefficient (Wildman–Crippen LogP) is 3.33. The highest BCUT2D eigenvalue weighted by Crippen LogP contribution is 2.25. The first-order valence-corrected chi connectivity index (χ1v) is 8.85. The van der Waals surface area contributed by atoms with Crippen LogP contribution in [0.5, 0.6) is 0 Å². The Labute approximate surface area is 154 Å². The van der Waals surface area contributed by atoms with Gasteiger partial charge in [-0.2, -0.15) is 0 Å². The minimum atomic E-state index is -0.363. The second kappa shape index (κ2) is 7.65. The molecule has 2 atom stereocenters. The summed E-state index contributed by atoms with van der Waals surface area (Å²) in [6, 6.07) is 12.8. The molecule has 0 spiro atoms. The molecule has 130 valence electrons. The van der Waals surface area contributed by atoms with E-state index in [4.69, 9.17) is 0 Å². The Morgan fingerprint density at radius 1 is 1.32 bits per heavy atom. The molecule has 1 aliphatic rings. The number of hydrogen-bond donors (Lipinski definition) is 2. The number of amides is 3. The summed E-state index contributed by atoms with van der Waals surface area (Å²) in [7, 11) is 0. The molecule has 2 heterocycles. The normalized spacial score (nSPS) is 18.1. The monoisotopic (exact) mass is 402 g/mol. The number of likely N-dealkylation sites (tertiary alicyclic amines) is 1. The number of carbonyl (C=O) groups excluding carboxylic acids is 2. The van der Waals surface area contributed by atoms with Gasteiger partial charge in [-0.05, 0) is 24.6 Å². The van der Waals surface area contributed by atoms with Crippen LogP contribution in [0.4, 0.5) is 10.6 Å². The van der Waals surface area contributed by atoms with Crippen LogP contribution < -0.4 is 10.6 Å². The molecular weight excluding hydrogens is 384 g/mol. The first kappa shape index (κ1) is 17.4. The van der Waals surface area contributed by atoms with E-state index in [0.29, 0.717) is 18.8 Å². The average Bonchev–Trinajstić information content (AvgIpc) is 2.95. The highest BCUT2D eigenvalue weighted by atomic mass is 79.9. The summed E-state index contributed by atoms with van der Waals surface area (Å²) in [6.45, 7) is 2.50. The van der Waals surface area contributed by atoms with E-state index >= 15 is 0 Å². The second-order valence-electron chi connectivity index (χ2n) is 5.99. The fourth-order valence-electron chi connectivity index (χ4n) is 2.93. The zero-order chi connectivity index (χ0) is 17.8. The van der Waals surface area contributed by atoms with Crippen LogP contribution in [-0.2, 0) is 4.79 Å². The van der Waals surface area contributed by atoms with Crippen LogP contribution in [-0.4, -0.2) is 34.4 Å². The summed E-state index contributed by atoms with van der Waals surface area (Å²) in [5.74, 6) is 0.493. The summed E-state index contributed by atoms with van der Waals surface area (Å²) >= 11 is 3.33. The van der Waals surface area contributed by atoms with Crippen molar-refractivity contribution in [3.05, 3.63) is 58.7 Å². The summed E-state index contributed by atoms with van der Waals surface area (Å²) in [5.41, 5.74) is 1.08. The Kier molecular flexibility index (Phi) is 5.33. The topological polar surface area (TPSA) is 74.3 Å². The Balaban J connectivity index is 1.58. The number of carbonyl (C=O) groups is 2. The molecule has 0 aliphatic carbocycles. The maximum Gasteiger partial charge on any atom is 0.320 e. The van der Waals surface area contributed by atoms with Gasteiger partial charge in [-0.15, -0.1) is 0 Å². The van der Waals surface area contributed by atoms with Crippen molar-refractivity contribution in [1.29, 1.82) is 0 Å². The number of nitrogens with one attached hydrogen (secondary N) is 2. The zero-order valence-electron chi connectivity index (χ0n) is 13.8. The third-order valence-electron chi connectivity index (χ3n) is 4.21. The fraction of sp³-hybridized carbons (Fsp3) is 0.278. The van der Waals surface area contributed by atoms with E-state index in [9.17, 15) is 9.59 Å². The maximum atomic E-state index is 12.3. The van der Waals surface area contributed by atoms with Gasteiger partial charge in [0.2, 0.25) is 5.91 Å². The number of halogens is 1. The van der Waals surface area contributed by atoms with E-state index in [2.05, 4.69) is 31.5 Å². The van der Waals surface area contributed by atoms with Crippen molar-refractivity contribution in [1.82, 2.24) is 15.2 Å². The van der Waals surface area contributed by atoms with Gasteiger partial charge in [0.1, 0.15) is 5.82 Å². The molecule has 2 aromatic rings. The Morgan fingerprint density at radius 3 is 2.80 bits per heavy atom. The van der Waals surface area contributed by atoms with Gasteiger partial charge in [0.05, 0.1) is 12.1 Å². The minimum Gasteiger partial charge on any atom is -0.334 e. The number of aromatic nitrogens is 1. The van der Waals surface area contributed by atoms with Gasteiger partial charge in [0.25, 0.3) is 0 Å². The van der Waals surface area contributed by atoms with Crippen LogP contribution in [0.3, 0.4) is 0 Å². The predicted molar refractivity (Wildman–Crippen MR) is 99.1 cm³/mol. The smallest absolute Gasteiger partial charge is 0.320 e. The SMILES string of the molecule is CC(c1ccccc1)N1CC(NC(=O)Nc2cc(Br)ccn2)CC1=O. The molecule has 2 unspecified atom stereocenters. The quantitative estimate of drug-likeness (QED) is 0.823. The molecule has 1 aromatic heterocycles. The average molecular weight is 403 g/mol. The van der Waals surface area contributed by atoms with E-state index in [1.165, 1.54) is 0 Å². The molecule has 1 saturated heterocycles. The lowest BCUT2D eigenvalue weighted by Gasteiger charge is -2.25. The Hall–Kier alpha value is -2.41. The van der Waals surface area contributed by atoms with E-state index in [1.54, 1.807) is 23.2 Å². The lowest BCUT2D eigenvalue weighted by atomic mass is 10.1. The van der Waals surface area contributed by atoms with Crippen LogP contribution >= 0.6 is 15.9 Å². The summed E-state index contributed by atoms with van der Waals surface area (Å²) in [4.78, 5) is 30.3. The van der Waals surface area contributed by atoms with Crippen molar-refractivity contribution in [2.75, 3.05) is 11.9 Å². The van der Waals surface area contributed by atoms with Crippen molar-refractivity contribution < 1.29 is 9.59 Å². The number of anilines is 1. The molecule has 0 radical (unpaired) electrons.